The van der Waals surface area contributed by atoms with E-state index in [1.807, 2.05) is 0 Å². The van der Waals surface area contributed by atoms with Crippen LogP contribution in [0.5, 0.6) is 0 Å². The summed E-state index contributed by atoms with van der Waals surface area (Å²) in [6, 6.07) is 0.528. The van der Waals surface area contributed by atoms with Gasteiger partial charge in [-0.2, -0.15) is 0 Å². The first-order valence-electron chi connectivity index (χ1n) is 4.14. The van der Waals surface area contributed by atoms with E-state index in [0.29, 0.717) is 6.04 Å². The molecule has 2 heteroatoms. The van der Waals surface area contributed by atoms with Crippen LogP contribution in [-0.2, 0) is 4.79 Å². The summed E-state index contributed by atoms with van der Waals surface area (Å²) in [5.74, 6) is 1.20. The summed E-state index contributed by atoms with van der Waals surface area (Å²) in [7, 11) is 0. The lowest BCUT2D eigenvalue weighted by molar-refractivity contribution is -0.119. The summed E-state index contributed by atoms with van der Waals surface area (Å²) in [4.78, 5) is 10.7. The number of nitrogens with one attached hydrogen (secondary N) is 1. The summed E-state index contributed by atoms with van der Waals surface area (Å²) >= 11 is 0. The van der Waals surface area contributed by atoms with E-state index < -0.39 is 0 Å². The molecule has 1 aliphatic carbocycles. The zero-order chi connectivity index (χ0) is 6.97. The molecule has 2 aliphatic rings. The number of amides is 1. The van der Waals surface area contributed by atoms with Crippen LogP contribution in [0, 0.1) is 5.92 Å². The minimum absolute atomic E-state index is 0.255. The van der Waals surface area contributed by atoms with Crippen molar-refractivity contribution < 1.29 is 4.79 Å². The quantitative estimate of drug-likeness (QED) is 0.609. The maximum Gasteiger partial charge on any atom is 0.220 e. The van der Waals surface area contributed by atoms with Crippen molar-refractivity contribution in [1.29, 1.82) is 0 Å². The SMILES string of the molecule is O=C1CCC(CC2CC2)N1. The van der Waals surface area contributed by atoms with E-state index in [-0.39, 0.29) is 5.91 Å². The predicted octanol–water partition coefficient (Wildman–Crippen LogP) is 1.07. The van der Waals surface area contributed by atoms with Gasteiger partial charge in [0.2, 0.25) is 5.91 Å². The van der Waals surface area contributed by atoms with Crippen molar-refractivity contribution in [2.75, 3.05) is 0 Å². The molecule has 1 heterocycles. The molecular weight excluding hydrogens is 126 g/mol. The average Bonchev–Trinajstić information content (AvgIpc) is 2.59. The molecule has 1 unspecified atom stereocenters. The third-order valence-corrected chi connectivity index (χ3v) is 2.40. The molecule has 56 valence electrons. The number of carbonyl (C=O) groups is 1. The fourth-order valence-electron chi connectivity index (χ4n) is 1.61. The Kier molecular flexibility index (Phi) is 1.40. The Bertz CT molecular complexity index is 151. The molecule has 0 aromatic heterocycles. The Morgan fingerprint density at radius 3 is 2.70 bits per heavy atom. The molecular formula is C8H13NO. The Morgan fingerprint density at radius 1 is 1.40 bits per heavy atom. The largest absolute Gasteiger partial charge is 0.353 e. The lowest BCUT2D eigenvalue weighted by Gasteiger charge is -2.06. The zero-order valence-electron chi connectivity index (χ0n) is 6.10. The van der Waals surface area contributed by atoms with Gasteiger partial charge in [0.05, 0.1) is 0 Å². The molecule has 1 N–H and O–H groups in total. The van der Waals surface area contributed by atoms with Crippen molar-refractivity contribution >= 4 is 5.91 Å². The van der Waals surface area contributed by atoms with E-state index in [1.165, 1.54) is 19.3 Å². The van der Waals surface area contributed by atoms with Crippen LogP contribution in [0.1, 0.15) is 32.1 Å². The van der Waals surface area contributed by atoms with Gasteiger partial charge in [-0.3, -0.25) is 4.79 Å². The molecule has 0 bridgehead atoms. The highest BCUT2D eigenvalue weighted by Crippen LogP contribution is 2.35. The number of carbonyl (C=O) groups excluding carboxylic acids is 1. The second-order valence-corrected chi connectivity index (χ2v) is 3.48. The van der Waals surface area contributed by atoms with Gasteiger partial charge in [-0.1, -0.05) is 12.8 Å². The third kappa shape index (κ3) is 1.31. The summed E-state index contributed by atoms with van der Waals surface area (Å²) in [6.07, 6.45) is 5.87. The fraction of sp³-hybridized carbons (Fsp3) is 0.875. The summed E-state index contributed by atoms with van der Waals surface area (Å²) < 4.78 is 0. The Morgan fingerprint density at radius 2 is 2.20 bits per heavy atom. The van der Waals surface area contributed by atoms with Crippen LogP contribution in [0.25, 0.3) is 0 Å². The van der Waals surface area contributed by atoms with Crippen LogP contribution in [0.15, 0.2) is 0 Å². The molecule has 2 fully saturated rings. The van der Waals surface area contributed by atoms with E-state index in [4.69, 9.17) is 0 Å². The number of rotatable bonds is 2. The molecule has 1 aliphatic heterocycles. The molecule has 0 aromatic rings. The van der Waals surface area contributed by atoms with Gasteiger partial charge in [-0.15, -0.1) is 0 Å². The Labute approximate surface area is 61.0 Å². The summed E-state index contributed by atoms with van der Waals surface area (Å²) in [5.41, 5.74) is 0. The van der Waals surface area contributed by atoms with Crippen molar-refractivity contribution in [2.45, 2.75) is 38.1 Å². The van der Waals surface area contributed by atoms with Crippen LogP contribution < -0.4 is 5.32 Å². The predicted molar refractivity (Wildman–Crippen MR) is 38.5 cm³/mol. The molecule has 0 spiro atoms. The van der Waals surface area contributed by atoms with Crippen LogP contribution in [0.4, 0.5) is 0 Å². The van der Waals surface area contributed by atoms with Crippen LogP contribution >= 0.6 is 0 Å². The van der Waals surface area contributed by atoms with Gasteiger partial charge in [-0.05, 0) is 18.8 Å². The van der Waals surface area contributed by atoms with Crippen molar-refractivity contribution in [1.82, 2.24) is 5.32 Å². The standard InChI is InChI=1S/C8H13NO/c10-8-4-3-7(9-8)5-6-1-2-6/h6-7H,1-5H2,(H,9,10). The van der Waals surface area contributed by atoms with Crippen molar-refractivity contribution in [3.05, 3.63) is 0 Å². The lowest BCUT2D eigenvalue weighted by Crippen LogP contribution is -2.25. The summed E-state index contributed by atoms with van der Waals surface area (Å²) in [6.45, 7) is 0. The first kappa shape index (κ1) is 6.20. The molecule has 0 aromatic carbocycles. The minimum Gasteiger partial charge on any atom is -0.353 e. The first-order chi connectivity index (χ1) is 4.84. The van der Waals surface area contributed by atoms with Gasteiger partial charge in [0.25, 0.3) is 0 Å². The van der Waals surface area contributed by atoms with Gasteiger partial charge in [0.1, 0.15) is 0 Å². The topological polar surface area (TPSA) is 29.1 Å². The normalized spacial score (nSPS) is 32.4. The van der Waals surface area contributed by atoms with Crippen molar-refractivity contribution in [3.8, 4) is 0 Å². The molecule has 1 amide bonds. The smallest absolute Gasteiger partial charge is 0.220 e. The van der Waals surface area contributed by atoms with Crippen LogP contribution in [0.3, 0.4) is 0 Å². The first-order valence-corrected chi connectivity index (χ1v) is 4.14. The van der Waals surface area contributed by atoms with Gasteiger partial charge >= 0.3 is 0 Å². The third-order valence-electron chi connectivity index (χ3n) is 2.40. The zero-order valence-corrected chi connectivity index (χ0v) is 6.10. The van der Waals surface area contributed by atoms with Crippen molar-refractivity contribution in [3.63, 3.8) is 0 Å². The summed E-state index contributed by atoms with van der Waals surface area (Å²) in [5, 5.41) is 2.99. The fourth-order valence-corrected chi connectivity index (χ4v) is 1.61. The van der Waals surface area contributed by atoms with E-state index in [1.54, 1.807) is 0 Å². The number of hydrogen-bond acceptors (Lipinski definition) is 1. The lowest BCUT2D eigenvalue weighted by atomic mass is 10.1. The molecule has 10 heavy (non-hydrogen) atoms. The Balaban J connectivity index is 1.77. The van der Waals surface area contributed by atoms with E-state index in [2.05, 4.69) is 5.32 Å². The van der Waals surface area contributed by atoms with E-state index >= 15 is 0 Å². The molecule has 2 rings (SSSR count). The van der Waals surface area contributed by atoms with E-state index in [9.17, 15) is 4.79 Å². The van der Waals surface area contributed by atoms with Crippen molar-refractivity contribution in [2.24, 2.45) is 5.92 Å². The molecule has 1 saturated carbocycles. The second kappa shape index (κ2) is 2.26. The second-order valence-electron chi connectivity index (χ2n) is 3.48. The van der Waals surface area contributed by atoms with Crippen LogP contribution in [-0.4, -0.2) is 11.9 Å². The molecule has 1 atom stereocenters. The highest BCUT2D eigenvalue weighted by Gasteiger charge is 2.29. The highest BCUT2D eigenvalue weighted by molar-refractivity contribution is 5.78. The maximum absolute atomic E-state index is 10.7. The molecule has 0 radical (unpaired) electrons. The molecule has 2 nitrogen and oxygen atoms in total. The maximum atomic E-state index is 10.7. The van der Waals surface area contributed by atoms with E-state index in [0.717, 1.165) is 18.8 Å². The minimum atomic E-state index is 0.255. The van der Waals surface area contributed by atoms with Gasteiger partial charge < -0.3 is 5.32 Å². The van der Waals surface area contributed by atoms with Gasteiger partial charge in [-0.25, -0.2) is 0 Å². The van der Waals surface area contributed by atoms with Gasteiger partial charge in [0, 0.05) is 12.5 Å². The average molecular weight is 139 g/mol. The molecule has 1 saturated heterocycles. The number of hydrogen-bond donors (Lipinski definition) is 1. The van der Waals surface area contributed by atoms with Crippen LogP contribution in [0.2, 0.25) is 0 Å². The Hall–Kier alpha value is -0.530. The van der Waals surface area contributed by atoms with Gasteiger partial charge in [0.15, 0.2) is 0 Å². The highest BCUT2D eigenvalue weighted by atomic mass is 16.1. The monoisotopic (exact) mass is 139 g/mol.